The lowest BCUT2D eigenvalue weighted by molar-refractivity contribution is -0.914. The minimum atomic E-state index is 0.0170. The van der Waals surface area contributed by atoms with Crippen molar-refractivity contribution in [3.05, 3.63) is 35.9 Å². The van der Waals surface area contributed by atoms with Gasteiger partial charge in [0.2, 0.25) is 0 Å². The van der Waals surface area contributed by atoms with E-state index in [0.29, 0.717) is 0 Å². The Morgan fingerprint density at radius 1 is 1.22 bits per heavy atom. The van der Waals surface area contributed by atoms with Crippen molar-refractivity contribution in [3.63, 3.8) is 0 Å². The van der Waals surface area contributed by atoms with Crippen molar-refractivity contribution in [3.8, 4) is 5.75 Å². The fraction of sp³-hybridized carbons (Fsp3) is 0.591. The Labute approximate surface area is 163 Å². The summed E-state index contributed by atoms with van der Waals surface area (Å²) in [6, 6.07) is 8.25. The Kier molecular flexibility index (Phi) is 7.16. The number of methoxy groups -OCH3 is 1. The molecule has 1 aromatic rings. The molecule has 2 aliphatic rings. The Morgan fingerprint density at radius 3 is 2.59 bits per heavy atom. The molecule has 5 heteroatoms. The van der Waals surface area contributed by atoms with Gasteiger partial charge in [-0.1, -0.05) is 11.6 Å². The van der Waals surface area contributed by atoms with Gasteiger partial charge < -0.3 is 19.9 Å². The molecule has 1 aliphatic heterocycles. The van der Waals surface area contributed by atoms with E-state index in [2.05, 4.69) is 35.3 Å². The van der Waals surface area contributed by atoms with Gasteiger partial charge in [0.25, 0.3) is 5.91 Å². The number of amides is 1. The Balaban J connectivity index is 1.41. The molecule has 1 amide bonds. The molecule has 0 spiro atoms. The van der Waals surface area contributed by atoms with Crippen LogP contribution in [-0.4, -0.2) is 51.8 Å². The lowest BCUT2D eigenvalue weighted by Gasteiger charge is -2.36. The van der Waals surface area contributed by atoms with Crippen LogP contribution < -0.4 is 19.9 Å². The second kappa shape index (κ2) is 9.79. The number of ether oxygens (including phenoxy) is 1. The number of rotatable bonds is 7. The number of hydrogen-bond acceptors (Lipinski definition) is 3. The van der Waals surface area contributed by atoms with E-state index in [0.717, 1.165) is 44.9 Å². The van der Waals surface area contributed by atoms with Gasteiger partial charge in [0.1, 0.15) is 5.75 Å². The van der Waals surface area contributed by atoms with Crippen LogP contribution in [0.4, 0.5) is 5.69 Å². The molecule has 0 bridgehead atoms. The zero-order valence-electron chi connectivity index (χ0n) is 16.8. The van der Waals surface area contributed by atoms with Gasteiger partial charge in [-0.3, -0.25) is 4.79 Å². The molecule has 1 aromatic carbocycles. The highest BCUT2D eigenvalue weighted by Crippen LogP contribution is 2.20. The third-order valence-electron chi connectivity index (χ3n) is 5.98. The first-order valence-electron chi connectivity index (χ1n) is 10.4. The van der Waals surface area contributed by atoms with E-state index in [1.54, 1.807) is 7.11 Å². The average molecular weight is 373 g/mol. The van der Waals surface area contributed by atoms with Gasteiger partial charge in [-0.25, -0.2) is 0 Å². The summed E-state index contributed by atoms with van der Waals surface area (Å²) in [5.74, 6) is 1.08. The number of piperazine rings is 1. The third kappa shape index (κ3) is 5.48. The number of hydrogen-bond donors (Lipinski definition) is 2. The number of benzene rings is 1. The molecule has 0 unspecified atom stereocenters. The van der Waals surface area contributed by atoms with Crippen LogP contribution in [-0.2, 0) is 4.79 Å². The van der Waals surface area contributed by atoms with Crippen molar-refractivity contribution >= 4 is 11.6 Å². The van der Waals surface area contributed by atoms with Crippen LogP contribution in [0.3, 0.4) is 0 Å². The summed E-state index contributed by atoms with van der Waals surface area (Å²) in [6.07, 6.45) is 8.42. The fourth-order valence-corrected chi connectivity index (χ4v) is 4.09. The highest BCUT2D eigenvalue weighted by molar-refractivity contribution is 5.79. The molecular formula is C22H34N3O2+. The number of quaternary nitrogens is 1. The average Bonchev–Trinajstić information content (AvgIpc) is 2.74. The van der Waals surface area contributed by atoms with E-state index >= 15 is 0 Å². The summed E-state index contributed by atoms with van der Waals surface area (Å²) < 4.78 is 5.23. The quantitative estimate of drug-likeness (QED) is 0.718. The molecule has 1 heterocycles. The van der Waals surface area contributed by atoms with Crippen molar-refractivity contribution in [1.29, 1.82) is 0 Å². The van der Waals surface area contributed by atoms with Crippen LogP contribution in [0.25, 0.3) is 0 Å². The van der Waals surface area contributed by atoms with Gasteiger partial charge in [0, 0.05) is 12.2 Å². The second-order valence-electron chi connectivity index (χ2n) is 7.71. The molecule has 0 aromatic heterocycles. The molecule has 148 valence electrons. The minimum absolute atomic E-state index is 0.0170. The number of nitrogens with one attached hydrogen (secondary N) is 2. The number of carbonyl (C=O) groups excluding carboxylic acids is 1. The van der Waals surface area contributed by atoms with Gasteiger partial charge in [-0.05, 0) is 63.3 Å². The summed E-state index contributed by atoms with van der Waals surface area (Å²) in [5.41, 5.74) is 2.75. The molecule has 0 saturated carbocycles. The highest BCUT2D eigenvalue weighted by Gasteiger charge is 2.29. The lowest BCUT2D eigenvalue weighted by Crippen LogP contribution is -3.19. The minimum Gasteiger partial charge on any atom is -0.497 e. The van der Waals surface area contributed by atoms with Gasteiger partial charge in [0.05, 0.1) is 33.3 Å². The maximum atomic E-state index is 12.5. The zero-order chi connectivity index (χ0) is 19.1. The molecule has 1 aliphatic carbocycles. The maximum Gasteiger partial charge on any atom is 0.278 e. The van der Waals surface area contributed by atoms with Crippen molar-refractivity contribution in [1.82, 2.24) is 5.32 Å². The van der Waals surface area contributed by atoms with Crippen LogP contribution >= 0.6 is 0 Å². The van der Waals surface area contributed by atoms with Crippen LogP contribution in [0, 0.1) is 0 Å². The molecule has 1 atom stereocenters. The van der Waals surface area contributed by atoms with Gasteiger partial charge in [-0.15, -0.1) is 0 Å². The fourth-order valence-electron chi connectivity index (χ4n) is 4.09. The molecule has 27 heavy (non-hydrogen) atoms. The summed E-state index contributed by atoms with van der Waals surface area (Å²) in [7, 11) is 1.69. The number of nitrogens with zero attached hydrogens (tertiary/aromatic N) is 1. The molecule has 2 N–H and O–H groups in total. The second-order valence-corrected chi connectivity index (χ2v) is 7.71. The Hall–Kier alpha value is -2.01. The van der Waals surface area contributed by atoms with Crippen molar-refractivity contribution < 1.29 is 14.4 Å². The number of allylic oxidation sites excluding steroid dienone is 1. The van der Waals surface area contributed by atoms with Crippen molar-refractivity contribution in [2.75, 3.05) is 44.7 Å². The van der Waals surface area contributed by atoms with E-state index in [-0.39, 0.29) is 11.9 Å². The highest BCUT2D eigenvalue weighted by atomic mass is 16.5. The molecule has 1 saturated heterocycles. The predicted molar refractivity (Wildman–Crippen MR) is 110 cm³/mol. The normalized spacial score (nSPS) is 19.3. The van der Waals surface area contributed by atoms with E-state index in [1.807, 2.05) is 12.1 Å². The molecular weight excluding hydrogens is 338 g/mol. The molecule has 1 fully saturated rings. The Bertz CT molecular complexity index is 633. The van der Waals surface area contributed by atoms with Crippen LogP contribution in [0.15, 0.2) is 35.9 Å². The van der Waals surface area contributed by atoms with Gasteiger partial charge >= 0.3 is 0 Å². The van der Waals surface area contributed by atoms with E-state index in [9.17, 15) is 4.79 Å². The largest absolute Gasteiger partial charge is 0.497 e. The number of anilines is 1. The topological polar surface area (TPSA) is 46.0 Å². The summed E-state index contributed by atoms with van der Waals surface area (Å²) in [5, 5.41) is 3.15. The Morgan fingerprint density at radius 2 is 1.96 bits per heavy atom. The van der Waals surface area contributed by atoms with Crippen molar-refractivity contribution in [2.24, 2.45) is 0 Å². The predicted octanol–water partition coefficient (Wildman–Crippen LogP) is 1.80. The lowest BCUT2D eigenvalue weighted by atomic mass is 9.97. The SMILES string of the molecule is COc1ccc(N2CC[NH+]([C@@H](C)C(=O)NCCC3=CCCCC3)CC2)cc1. The first-order valence-corrected chi connectivity index (χ1v) is 10.4. The summed E-state index contributed by atoms with van der Waals surface area (Å²) >= 11 is 0. The van der Waals surface area contributed by atoms with Crippen molar-refractivity contribution in [2.45, 2.75) is 45.1 Å². The molecule has 3 rings (SSSR count). The monoisotopic (exact) mass is 372 g/mol. The molecule has 0 radical (unpaired) electrons. The molecule has 5 nitrogen and oxygen atoms in total. The number of carbonyl (C=O) groups is 1. The van der Waals surface area contributed by atoms with Crippen LogP contribution in [0.2, 0.25) is 0 Å². The standard InChI is InChI=1S/C22H33N3O2/c1-18(22(26)23-13-12-19-6-4-3-5-7-19)24-14-16-25(17-15-24)20-8-10-21(27-2)11-9-20/h6,8-11,18H,3-5,7,12-17H2,1-2H3,(H,23,26)/p+1/t18-/m0/s1. The first kappa shape index (κ1) is 19.7. The van der Waals surface area contributed by atoms with Gasteiger partial charge in [-0.2, -0.15) is 0 Å². The zero-order valence-corrected chi connectivity index (χ0v) is 16.8. The summed E-state index contributed by atoms with van der Waals surface area (Å²) in [4.78, 5) is 16.3. The van der Waals surface area contributed by atoms with Crippen LogP contribution in [0.5, 0.6) is 5.75 Å². The maximum absolute atomic E-state index is 12.5. The van der Waals surface area contributed by atoms with E-state index in [1.165, 1.54) is 41.8 Å². The smallest absolute Gasteiger partial charge is 0.278 e. The third-order valence-corrected chi connectivity index (χ3v) is 5.98. The van der Waals surface area contributed by atoms with Gasteiger partial charge in [0.15, 0.2) is 6.04 Å². The van der Waals surface area contributed by atoms with E-state index in [4.69, 9.17) is 4.74 Å². The summed E-state index contributed by atoms with van der Waals surface area (Å²) in [6.45, 7) is 6.78. The first-order chi connectivity index (χ1) is 13.2. The van der Waals surface area contributed by atoms with Crippen LogP contribution in [0.1, 0.15) is 39.0 Å². The van der Waals surface area contributed by atoms with E-state index < -0.39 is 0 Å².